The zero-order valence-electron chi connectivity index (χ0n) is 16.6. The van der Waals surface area contributed by atoms with Crippen LogP contribution in [0.15, 0.2) is 66.0 Å². The van der Waals surface area contributed by atoms with Crippen LogP contribution in [0.1, 0.15) is 28.5 Å². The maximum absolute atomic E-state index is 13.5. The van der Waals surface area contributed by atoms with Gasteiger partial charge in [-0.05, 0) is 53.3 Å². The third kappa shape index (κ3) is 4.94. The molecule has 1 aromatic heterocycles. The Morgan fingerprint density at radius 3 is 1.93 bits per heavy atom. The number of carbonyl (C=O) groups is 1. The van der Waals surface area contributed by atoms with Crippen LogP contribution >= 0.6 is 11.3 Å². The molecule has 156 valence electrons. The average Bonchev–Trinajstić information content (AvgIpc) is 3.29. The molecule has 1 amide bonds. The minimum atomic E-state index is -0.280. The Morgan fingerprint density at radius 2 is 1.43 bits per heavy atom. The topological polar surface area (TPSA) is 23.6 Å². The Hall–Kier alpha value is -2.57. The number of hydrogen-bond acceptors (Lipinski definition) is 3. The fourth-order valence-electron chi connectivity index (χ4n) is 3.98. The number of benzene rings is 2. The minimum Gasteiger partial charge on any atom is -0.340 e. The molecule has 0 bridgehead atoms. The first-order valence-electron chi connectivity index (χ1n) is 10.2. The summed E-state index contributed by atoms with van der Waals surface area (Å²) in [4.78, 5) is 18.1. The van der Waals surface area contributed by atoms with E-state index in [1.165, 1.54) is 29.1 Å². The number of amides is 1. The summed E-state index contributed by atoms with van der Waals surface area (Å²) in [5.74, 6) is -0.376. The number of nitrogens with zero attached hydrogens (tertiary/aromatic N) is 2. The molecule has 1 aliphatic heterocycles. The number of halogens is 2. The van der Waals surface area contributed by atoms with Crippen molar-refractivity contribution in [2.45, 2.75) is 18.9 Å². The summed E-state index contributed by atoms with van der Waals surface area (Å²) >= 11 is 1.68. The van der Waals surface area contributed by atoms with Crippen molar-refractivity contribution in [2.75, 3.05) is 26.2 Å². The Labute approximate surface area is 179 Å². The molecule has 3 nitrogen and oxygen atoms in total. The van der Waals surface area contributed by atoms with Gasteiger partial charge in [0.2, 0.25) is 5.91 Å². The van der Waals surface area contributed by atoms with Crippen LogP contribution in [0.2, 0.25) is 0 Å². The number of hydrogen-bond donors (Lipinski definition) is 0. The lowest BCUT2D eigenvalue weighted by atomic mass is 9.96. The van der Waals surface area contributed by atoms with Gasteiger partial charge in [0.05, 0.1) is 6.04 Å². The molecule has 30 heavy (non-hydrogen) atoms. The predicted molar refractivity (Wildman–Crippen MR) is 115 cm³/mol. The lowest BCUT2D eigenvalue weighted by molar-refractivity contribution is -0.133. The summed E-state index contributed by atoms with van der Waals surface area (Å²) in [5.41, 5.74) is 1.92. The average molecular weight is 427 g/mol. The first-order valence-corrected chi connectivity index (χ1v) is 11.0. The Bertz CT molecular complexity index is 904. The summed E-state index contributed by atoms with van der Waals surface area (Å²) in [6.07, 6.45) is 1.31. The normalized spacial score (nSPS) is 15.0. The van der Waals surface area contributed by atoms with E-state index < -0.39 is 0 Å². The molecule has 6 heteroatoms. The van der Waals surface area contributed by atoms with Crippen LogP contribution in [0.5, 0.6) is 0 Å². The van der Waals surface area contributed by atoms with Gasteiger partial charge < -0.3 is 4.90 Å². The van der Waals surface area contributed by atoms with E-state index in [0.29, 0.717) is 32.6 Å². The van der Waals surface area contributed by atoms with E-state index >= 15 is 0 Å². The number of thiophene rings is 1. The number of rotatable bonds is 6. The molecule has 0 spiro atoms. The molecular formula is C24H24F2N2OS. The van der Waals surface area contributed by atoms with E-state index in [9.17, 15) is 13.6 Å². The standard InChI is InChI=1S/C24H24F2N2OS/c25-20-7-3-18(4-8-20)24(19-5-9-21(26)10-6-19)28-15-13-27(14-16-28)23(29)12-11-22-2-1-17-30-22/h1-10,17,24H,11-16H2. The van der Waals surface area contributed by atoms with Gasteiger partial charge in [-0.25, -0.2) is 8.78 Å². The molecule has 2 heterocycles. The van der Waals surface area contributed by atoms with E-state index in [4.69, 9.17) is 0 Å². The van der Waals surface area contributed by atoms with Crippen LogP contribution in [0, 0.1) is 11.6 Å². The SMILES string of the molecule is O=C(CCc1cccs1)N1CCN(C(c2ccc(F)cc2)c2ccc(F)cc2)CC1. The second-order valence-electron chi connectivity index (χ2n) is 7.50. The molecule has 0 aliphatic carbocycles. The van der Waals surface area contributed by atoms with Crippen molar-refractivity contribution < 1.29 is 13.6 Å². The fourth-order valence-corrected chi connectivity index (χ4v) is 4.69. The smallest absolute Gasteiger partial charge is 0.223 e. The Kier molecular flexibility index (Phi) is 6.55. The highest BCUT2D eigenvalue weighted by Crippen LogP contribution is 2.30. The van der Waals surface area contributed by atoms with Gasteiger partial charge in [-0.2, -0.15) is 0 Å². The third-order valence-electron chi connectivity index (χ3n) is 5.57. The second-order valence-corrected chi connectivity index (χ2v) is 8.53. The second kappa shape index (κ2) is 9.49. The van der Waals surface area contributed by atoms with E-state index in [1.54, 1.807) is 35.6 Å². The Morgan fingerprint density at radius 1 is 0.867 bits per heavy atom. The zero-order valence-corrected chi connectivity index (χ0v) is 17.5. The van der Waals surface area contributed by atoms with Crippen LogP contribution in [-0.4, -0.2) is 41.9 Å². The molecule has 0 N–H and O–H groups in total. The van der Waals surface area contributed by atoms with Crippen LogP contribution in [0.4, 0.5) is 8.78 Å². The largest absolute Gasteiger partial charge is 0.340 e. The molecule has 0 unspecified atom stereocenters. The van der Waals surface area contributed by atoms with Gasteiger partial charge in [0.25, 0.3) is 0 Å². The number of carbonyl (C=O) groups excluding carboxylic acids is 1. The van der Waals surface area contributed by atoms with Gasteiger partial charge >= 0.3 is 0 Å². The maximum Gasteiger partial charge on any atom is 0.223 e. The third-order valence-corrected chi connectivity index (χ3v) is 6.51. The molecule has 1 saturated heterocycles. The zero-order chi connectivity index (χ0) is 20.9. The van der Waals surface area contributed by atoms with Gasteiger partial charge in [-0.3, -0.25) is 9.69 Å². The molecular weight excluding hydrogens is 402 g/mol. The molecule has 0 saturated carbocycles. The van der Waals surface area contributed by atoms with E-state index in [2.05, 4.69) is 11.0 Å². The van der Waals surface area contributed by atoms with E-state index in [-0.39, 0.29) is 23.6 Å². The van der Waals surface area contributed by atoms with Gasteiger partial charge in [-0.15, -0.1) is 11.3 Å². The summed E-state index contributed by atoms with van der Waals surface area (Å²) in [6, 6.07) is 16.9. The van der Waals surface area contributed by atoms with Crippen LogP contribution in [0.3, 0.4) is 0 Å². The quantitative estimate of drug-likeness (QED) is 0.560. The van der Waals surface area contributed by atoms with Gasteiger partial charge in [0.1, 0.15) is 11.6 Å². The summed E-state index contributed by atoms with van der Waals surface area (Å²) < 4.78 is 26.9. The minimum absolute atomic E-state index is 0.102. The van der Waals surface area contributed by atoms with Crippen molar-refractivity contribution in [3.63, 3.8) is 0 Å². The molecule has 1 aliphatic rings. The Balaban J connectivity index is 1.44. The van der Waals surface area contributed by atoms with Crippen molar-refractivity contribution >= 4 is 17.2 Å². The summed E-state index contributed by atoms with van der Waals surface area (Å²) in [6.45, 7) is 2.73. The summed E-state index contributed by atoms with van der Waals surface area (Å²) in [5, 5.41) is 2.03. The number of aryl methyl sites for hydroxylation is 1. The predicted octanol–water partition coefficient (Wildman–Crippen LogP) is 4.89. The highest BCUT2D eigenvalue weighted by atomic mass is 32.1. The van der Waals surface area contributed by atoms with Gasteiger partial charge in [0.15, 0.2) is 0 Å². The van der Waals surface area contributed by atoms with Crippen molar-refractivity contribution in [2.24, 2.45) is 0 Å². The monoisotopic (exact) mass is 426 g/mol. The molecule has 0 atom stereocenters. The molecule has 0 radical (unpaired) electrons. The highest BCUT2D eigenvalue weighted by Gasteiger charge is 2.28. The molecule has 4 rings (SSSR count). The van der Waals surface area contributed by atoms with Crippen molar-refractivity contribution in [3.8, 4) is 0 Å². The first kappa shape index (κ1) is 20.7. The van der Waals surface area contributed by atoms with Gasteiger partial charge in [0, 0.05) is 37.5 Å². The number of piperazine rings is 1. The maximum atomic E-state index is 13.5. The van der Waals surface area contributed by atoms with Crippen molar-refractivity contribution in [1.29, 1.82) is 0 Å². The molecule has 3 aromatic rings. The van der Waals surface area contributed by atoms with Crippen LogP contribution in [0.25, 0.3) is 0 Å². The highest BCUT2D eigenvalue weighted by molar-refractivity contribution is 7.09. The summed E-state index contributed by atoms with van der Waals surface area (Å²) in [7, 11) is 0. The van der Waals surface area contributed by atoms with Gasteiger partial charge in [-0.1, -0.05) is 30.3 Å². The lowest BCUT2D eigenvalue weighted by Crippen LogP contribution is -2.49. The molecule has 2 aromatic carbocycles. The van der Waals surface area contributed by atoms with Crippen molar-refractivity contribution in [1.82, 2.24) is 9.80 Å². The molecule has 1 fully saturated rings. The van der Waals surface area contributed by atoms with E-state index in [1.807, 2.05) is 16.3 Å². The van der Waals surface area contributed by atoms with Crippen molar-refractivity contribution in [3.05, 3.63) is 93.7 Å². The lowest BCUT2D eigenvalue weighted by Gasteiger charge is -2.40. The van der Waals surface area contributed by atoms with Crippen LogP contribution < -0.4 is 0 Å². The fraction of sp³-hybridized carbons (Fsp3) is 0.292. The first-order chi connectivity index (χ1) is 14.6. The van der Waals surface area contributed by atoms with E-state index in [0.717, 1.165) is 17.5 Å². The van der Waals surface area contributed by atoms with Crippen LogP contribution in [-0.2, 0) is 11.2 Å².